The van der Waals surface area contributed by atoms with Crippen LogP contribution in [0.3, 0.4) is 0 Å². The number of carboxylic acids is 1. The van der Waals surface area contributed by atoms with E-state index < -0.39 is 34.5 Å². The molecule has 0 aromatic carbocycles. The van der Waals surface area contributed by atoms with Gasteiger partial charge in [-0.25, -0.2) is 4.79 Å². The number of aliphatic hydroxyl groups excluding tert-OH is 3. The van der Waals surface area contributed by atoms with Gasteiger partial charge >= 0.3 is 5.97 Å². The fourth-order valence-electron chi connectivity index (χ4n) is 1.15. The molecule has 0 saturated carbocycles. The SMILES string of the molecule is C=C(C)C(=O)O.CCO[SiH2]C(CC)C(O)C(O)CO. The van der Waals surface area contributed by atoms with E-state index in [-0.39, 0.29) is 11.1 Å². The van der Waals surface area contributed by atoms with Crippen LogP contribution in [-0.2, 0) is 9.22 Å². The summed E-state index contributed by atoms with van der Waals surface area (Å²) in [5, 5.41) is 35.3. The van der Waals surface area contributed by atoms with Crippen molar-refractivity contribution in [3.8, 4) is 0 Å². The molecule has 114 valence electrons. The lowest BCUT2D eigenvalue weighted by molar-refractivity contribution is -0.132. The monoisotopic (exact) mass is 294 g/mol. The third kappa shape index (κ3) is 10.8. The van der Waals surface area contributed by atoms with Crippen molar-refractivity contribution in [2.75, 3.05) is 13.2 Å². The number of hydrogen-bond donors (Lipinski definition) is 4. The first-order valence-corrected chi connectivity index (χ1v) is 7.64. The summed E-state index contributed by atoms with van der Waals surface area (Å²) < 4.78 is 5.29. The fraction of sp³-hybridized carbons (Fsp3) is 0.750. The summed E-state index contributed by atoms with van der Waals surface area (Å²) in [4.78, 5) is 9.60. The second-order valence-corrected chi connectivity index (χ2v) is 5.94. The highest BCUT2D eigenvalue weighted by Crippen LogP contribution is 2.17. The first-order valence-electron chi connectivity index (χ1n) is 6.25. The van der Waals surface area contributed by atoms with Crippen LogP contribution in [-0.4, -0.2) is 61.6 Å². The molecule has 4 N–H and O–H groups in total. The number of rotatable bonds is 8. The van der Waals surface area contributed by atoms with Crippen LogP contribution in [0.25, 0.3) is 0 Å². The fourth-order valence-corrected chi connectivity index (χ4v) is 2.43. The molecular weight excluding hydrogens is 268 g/mol. The molecule has 7 heteroatoms. The van der Waals surface area contributed by atoms with Crippen molar-refractivity contribution >= 4 is 15.7 Å². The van der Waals surface area contributed by atoms with Crippen LogP contribution in [0.1, 0.15) is 27.2 Å². The average Bonchev–Trinajstić information content (AvgIpc) is 2.38. The molecule has 19 heavy (non-hydrogen) atoms. The molecule has 0 saturated heterocycles. The van der Waals surface area contributed by atoms with Crippen LogP contribution in [0.5, 0.6) is 0 Å². The third-order valence-electron chi connectivity index (χ3n) is 2.49. The Morgan fingerprint density at radius 3 is 2.11 bits per heavy atom. The van der Waals surface area contributed by atoms with Crippen molar-refractivity contribution < 1.29 is 29.6 Å². The van der Waals surface area contributed by atoms with E-state index in [2.05, 4.69) is 6.58 Å². The molecule has 0 aliphatic rings. The highest BCUT2D eigenvalue weighted by atomic mass is 28.2. The van der Waals surface area contributed by atoms with Gasteiger partial charge < -0.3 is 24.9 Å². The van der Waals surface area contributed by atoms with Gasteiger partial charge in [0.2, 0.25) is 0 Å². The Kier molecular flexibility index (Phi) is 13.3. The van der Waals surface area contributed by atoms with Gasteiger partial charge in [-0.1, -0.05) is 19.9 Å². The quantitative estimate of drug-likeness (QED) is 0.361. The van der Waals surface area contributed by atoms with Gasteiger partial charge in [0.05, 0.1) is 12.7 Å². The molecule has 0 aromatic rings. The summed E-state index contributed by atoms with van der Waals surface area (Å²) >= 11 is 0. The molecule has 0 aromatic heterocycles. The zero-order valence-corrected chi connectivity index (χ0v) is 13.3. The predicted octanol–water partition coefficient (Wildman–Crippen LogP) is -0.334. The maximum atomic E-state index is 9.60. The van der Waals surface area contributed by atoms with Crippen LogP contribution in [0.2, 0.25) is 5.54 Å². The molecule has 0 aliphatic heterocycles. The number of hydrogen-bond acceptors (Lipinski definition) is 5. The minimum Gasteiger partial charge on any atom is -0.478 e. The van der Waals surface area contributed by atoms with Gasteiger partial charge in [0.15, 0.2) is 9.76 Å². The van der Waals surface area contributed by atoms with E-state index in [1.165, 1.54) is 6.92 Å². The minimum atomic E-state index is -1.03. The Bertz CT molecular complexity index is 247. The number of aliphatic carboxylic acids is 1. The Morgan fingerprint density at radius 2 is 1.84 bits per heavy atom. The summed E-state index contributed by atoms with van der Waals surface area (Å²) in [6.07, 6.45) is -1.09. The van der Waals surface area contributed by atoms with Gasteiger partial charge in [0.1, 0.15) is 6.10 Å². The maximum absolute atomic E-state index is 9.60. The van der Waals surface area contributed by atoms with E-state index in [0.29, 0.717) is 6.61 Å². The van der Waals surface area contributed by atoms with Gasteiger partial charge in [-0.3, -0.25) is 0 Å². The lowest BCUT2D eigenvalue weighted by atomic mass is 10.1. The van der Waals surface area contributed by atoms with Crippen LogP contribution in [0.4, 0.5) is 0 Å². The van der Waals surface area contributed by atoms with E-state index >= 15 is 0 Å². The van der Waals surface area contributed by atoms with Crippen molar-refractivity contribution in [1.82, 2.24) is 0 Å². The molecule has 0 bridgehead atoms. The first kappa shape index (κ1) is 20.6. The third-order valence-corrected chi connectivity index (χ3v) is 4.62. The average molecular weight is 294 g/mol. The van der Waals surface area contributed by atoms with Crippen molar-refractivity contribution in [3.63, 3.8) is 0 Å². The van der Waals surface area contributed by atoms with E-state index in [1.807, 2.05) is 13.8 Å². The largest absolute Gasteiger partial charge is 0.478 e. The van der Waals surface area contributed by atoms with Crippen LogP contribution in [0.15, 0.2) is 12.2 Å². The zero-order chi connectivity index (χ0) is 15.4. The Morgan fingerprint density at radius 1 is 1.37 bits per heavy atom. The summed E-state index contributed by atoms with van der Waals surface area (Å²) in [6.45, 7) is 8.73. The maximum Gasteiger partial charge on any atom is 0.330 e. The topological polar surface area (TPSA) is 107 Å². The second kappa shape index (κ2) is 12.3. The van der Waals surface area contributed by atoms with Gasteiger partial charge in [0, 0.05) is 17.7 Å². The number of aliphatic hydroxyl groups is 3. The molecule has 0 aliphatic carbocycles. The predicted molar refractivity (Wildman–Crippen MR) is 75.8 cm³/mol. The summed E-state index contributed by atoms with van der Waals surface area (Å²) in [6, 6.07) is 0. The molecule has 0 rings (SSSR count). The van der Waals surface area contributed by atoms with Crippen molar-refractivity contribution in [3.05, 3.63) is 12.2 Å². The van der Waals surface area contributed by atoms with Crippen LogP contribution in [0, 0.1) is 0 Å². The number of carboxylic acid groups (broad SMARTS) is 1. The van der Waals surface area contributed by atoms with Crippen LogP contribution < -0.4 is 0 Å². The summed E-state index contributed by atoms with van der Waals surface area (Å²) in [7, 11) is -0.795. The van der Waals surface area contributed by atoms with Gasteiger partial charge in [-0.05, 0) is 13.8 Å². The van der Waals surface area contributed by atoms with E-state index in [4.69, 9.17) is 14.6 Å². The highest BCUT2D eigenvalue weighted by Gasteiger charge is 2.24. The second-order valence-electron chi connectivity index (χ2n) is 4.15. The van der Waals surface area contributed by atoms with Crippen LogP contribution >= 0.6 is 0 Å². The Hall–Kier alpha value is -0.733. The first-order chi connectivity index (χ1) is 8.81. The Balaban J connectivity index is 0. The van der Waals surface area contributed by atoms with E-state index in [1.54, 1.807) is 0 Å². The smallest absolute Gasteiger partial charge is 0.330 e. The molecule has 3 atom stereocenters. The van der Waals surface area contributed by atoms with Crippen molar-refractivity contribution in [1.29, 1.82) is 0 Å². The van der Waals surface area contributed by atoms with E-state index in [0.717, 1.165) is 6.42 Å². The molecule has 0 amide bonds. The van der Waals surface area contributed by atoms with Gasteiger partial charge in [-0.15, -0.1) is 0 Å². The molecule has 6 nitrogen and oxygen atoms in total. The van der Waals surface area contributed by atoms with Crippen molar-refractivity contribution in [2.24, 2.45) is 0 Å². The molecule has 0 radical (unpaired) electrons. The zero-order valence-electron chi connectivity index (χ0n) is 11.9. The molecular formula is C12H26O6Si. The normalized spacial score (nSPS) is 15.5. The number of carbonyl (C=O) groups is 1. The molecule has 0 fully saturated rings. The minimum absolute atomic E-state index is 0.0297. The lowest BCUT2D eigenvalue weighted by Gasteiger charge is -2.23. The standard InChI is InChI=1S/C8H20O4Si.C4H6O2/c1-3-7(13-12-4-2)8(11)6(10)5-9;1-3(2)4(5)6/h6-11H,3-5,13H2,1-2H3;1H2,2H3,(H,5,6). The van der Waals surface area contributed by atoms with E-state index in [9.17, 15) is 15.0 Å². The molecule has 0 heterocycles. The highest BCUT2D eigenvalue weighted by molar-refractivity contribution is 6.29. The summed E-state index contributed by atoms with van der Waals surface area (Å²) in [5.41, 5.74) is 0.206. The summed E-state index contributed by atoms with van der Waals surface area (Å²) in [5.74, 6) is -0.935. The molecule has 0 spiro atoms. The van der Waals surface area contributed by atoms with Crippen molar-refractivity contribution in [2.45, 2.75) is 44.9 Å². The van der Waals surface area contributed by atoms with Gasteiger partial charge in [-0.2, -0.15) is 0 Å². The Labute approximate surface area is 116 Å². The molecule has 3 unspecified atom stereocenters. The lowest BCUT2D eigenvalue weighted by Crippen LogP contribution is -2.35. The van der Waals surface area contributed by atoms with Gasteiger partial charge in [0.25, 0.3) is 0 Å².